The van der Waals surface area contributed by atoms with Gasteiger partial charge >= 0.3 is 6.09 Å². The van der Waals surface area contributed by atoms with Gasteiger partial charge in [0.2, 0.25) is 5.91 Å². The highest BCUT2D eigenvalue weighted by molar-refractivity contribution is 5.95. The van der Waals surface area contributed by atoms with Crippen molar-refractivity contribution < 1.29 is 14.3 Å². The van der Waals surface area contributed by atoms with Crippen molar-refractivity contribution in [3.05, 3.63) is 84.4 Å². The van der Waals surface area contributed by atoms with Crippen molar-refractivity contribution in [2.24, 2.45) is 5.92 Å². The maximum Gasteiger partial charge on any atom is 0.417 e. The predicted octanol–water partition coefficient (Wildman–Crippen LogP) is 6.72. The minimum absolute atomic E-state index is 0.134. The van der Waals surface area contributed by atoms with Gasteiger partial charge in [0.05, 0.1) is 6.04 Å². The van der Waals surface area contributed by atoms with Crippen molar-refractivity contribution in [1.29, 1.82) is 0 Å². The maximum atomic E-state index is 13.6. The third kappa shape index (κ3) is 5.87. The van der Waals surface area contributed by atoms with E-state index in [4.69, 9.17) is 4.74 Å². The fourth-order valence-corrected chi connectivity index (χ4v) is 4.63. The lowest BCUT2D eigenvalue weighted by atomic mass is 9.84. The van der Waals surface area contributed by atoms with Crippen LogP contribution >= 0.6 is 0 Å². The molecule has 1 heterocycles. The lowest BCUT2D eigenvalue weighted by molar-refractivity contribution is -0.133. The molecule has 2 amide bonds. The molecule has 2 aromatic rings. The summed E-state index contributed by atoms with van der Waals surface area (Å²) in [5.41, 5.74) is 2.14. The van der Waals surface area contributed by atoms with Crippen LogP contribution in [0.4, 0.5) is 4.79 Å². The molecule has 1 saturated heterocycles. The smallest absolute Gasteiger partial charge is 0.417 e. The maximum absolute atomic E-state index is 13.6. The molecule has 2 aromatic carbocycles. The Bertz CT molecular complexity index is 825. The summed E-state index contributed by atoms with van der Waals surface area (Å²) in [6, 6.07) is 19.8. The second-order valence-electron chi connectivity index (χ2n) is 8.58. The SMILES string of the molecule is C=CC[C@H](CCCCCCC)C(=O)N1C(=O)OC[C@H]1C(c1ccccc1)c1ccccc1. The van der Waals surface area contributed by atoms with Crippen LogP contribution in [0, 0.1) is 5.92 Å². The molecule has 0 spiro atoms. The average molecular weight is 434 g/mol. The number of imide groups is 1. The van der Waals surface area contributed by atoms with Gasteiger partial charge in [-0.15, -0.1) is 6.58 Å². The highest BCUT2D eigenvalue weighted by Crippen LogP contribution is 2.35. The molecule has 0 radical (unpaired) electrons. The predicted molar refractivity (Wildman–Crippen MR) is 128 cm³/mol. The number of allylic oxidation sites excluding steroid dienone is 1. The van der Waals surface area contributed by atoms with E-state index in [1.165, 1.54) is 24.2 Å². The number of cyclic esters (lactones) is 1. The first kappa shape index (κ1) is 23.8. The molecule has 1 aliphatic heterocycles. The van der Waals surface area contributed by atoms with Crippen LogP contribution in [0.5, 0.6) is 0 Å². The summed E-state index contributed by atoms with van der Waals surface area (Å²) in [6.45, 7) is 6.25. The van der Waals surface area contributed by atoms with Gasteiger partial charge in [-0.3, -0.25) is 4.79 Å². The first-order valence-corrected chi connectivity index (χ1v) is 11.9. The topological polar surface area (TPSA) is 46.6 Å². The first-order valence-electron chi connectivity index (χ1n) is 11.9. The summed E-state index contributed by atoms with van der Waals surface area (Å²) in [4.78, 5) is 27.8. The second kappa shape index (κ2) is 12.2. The molecule has 2 atom stereocenters. The fourth-order valence-electron chi connectivity index (χ4n) is 4.63. The van der Waals surface area contributed by atoms with E-state index in [1.807, 2.05) is 36.4 Å². The Balaban J connectivity index is 1.85. The molecule has 32 heavy (non-hydrogen) atoms. The Morgan fingerprint density at radius 1 is 1.03 bits per heavy atom. The molecule has 0 bridgehead atoms. The molecule has 0 N–H and O–H groups in total. The third-order valence-corrected chi connectivity index (χ3v) is 6.30. The number of unbranched alkanes of at least 4 members (excludes halogenated alkanes) is 4. The highest BCUT2D eigenvalue weighted by atomic mass is 16.6. The van der Waals surface area contributed by atoms with Crippen LogP contribution in [-0.2, 0) is 9.53 Å². The Labute approximate surface area is 192 Å². The molecule has 0 saturated carbocycles. The van der Waals surface area contributed by atoms with Crippen LogP contribution in [0.25, 0.3) is 0 Å². The summed E-state index contributed by atoms with van der Waals surface area (Å²) in [5, 5.41) is 0. The standard InChI is InChI=1S/C28H35NO3/c1-3-5-6-7-10-20-24(15-4-2)27(30)29-25(21-32-28(29)31)26(22-16-11-8-12-17-22)23-18-13-9-14-19-23/h4,8-9,11-14,16-19,24-26H,2-3,5-7,10,15,20-21H2,1H3/t24-,25+/m1/s1. The molecule has 1 aliphatic rings. The Kier molecular flexibility index (Phi) is 9.09. The van der Waals surface area contributed by atoms with Crippen molar-refractivity contribution in [2.45, 2.75) is 63.8 Å². The molecule has 0 aromatic heterocycles. The lowest BCUT2D eigenvalue weighted by Gasteiger charge is -2.31. The van der Waals surface area contributed by atoms with Crippen molar-refractivity contribution in [1.82, 2.24) is 4.90 Å². The van der Waals surface area contributed by atoms with E-state index < -0.39 is 6.09 Å². The van der Waals surface area contributed by atoms with Gasteiger partial charge in [-0.2, -0.15) is 0 Å². The van der Waals surface area contributed by atoms with Crippen molar-refractivity contribution in [2.75, 3.05) is 6.61 Å². The van der Waals surface area contributed by atoms with Crippen LogP contribution in [0.1, 0.15) is 68.9 Å². The fraction of sp³-hybridized carbons (Fsp3) is 0.429. The van der Waals surface area contributed by atoms with E-state index in [0.29, 0.717) is 6.42 Å². The molecule has 0 aliphatic carbocycles. The number of rotatable bonds is 12. The largest absolute Gasteiger partial charge is 0.447 e. The number of benzene rings is 2. The highest BCUT2D eigenvalue weighted by Gasteiger charge is 2.45. The van der Waals surface area contributed by atoms with Crippen LogP contribution in [0.15, 0.2) is 73.3 Å². The first-order chi connectivity index (χ1) is 15.7. The number of amides is 2. The van der Waals surface area contributed by atoms with Crippen LogP contribution in [-0.4, -0.2) is 29.5 Å². The summed E-state index contributed by atoms with van der Waals surface area (Å²) in [6.07, 6.45) is 8.29. The minimum atomic E-state index is -0.531. The molecular weight excluding hydrogens is 398 g/mol. The van der Waals surface area contributed by atoms with Gasteiger partial charge in [0.15, 0.2) is 0 Å². The molecule has 4 nitrogen and oxygen atoms in total. The van der Waals surface area contributed by atoms with E-state index in [1.54, 1.807) is 6.08 Å². The number of hydrogen-bond acceptors (Lipinski definition) is 3. The number of carbonyl (C=O) groups excluding carboxylic acids is 2. The van der Waals surface area contributed by atoms with E-state index in [2.05, 4.69) is 37.8 Å². The number of nitrogens with zero attached hydrogens (tertiary/aromatic N) is 1. The number of ether oxygens (including phenoxy) is 1. The summed E-state index contributed by atoms with van der Waals surface area (Å²) in [7, 11) is 0. The normalized spacial score (nSPS) is 16.8. The zero-order valence-electron chi connectivity index (χ0n) is 19.1. The molecule has 3 rings (SSSR count). The molecule has 4 heteroatoms. The molecule has 170 valence electrons. The zero-order chi connectivity index (χ0) is 22.8. The number of hydrogen-bond donors (Lipinski definition) is 0. The van der Waals surface area contributed by atoms with Gasteiger partial charge in [-0.05, 0) is 24.0 Å². The van der Waals surface area contributed by atoms with Crippen molar-refractivity contribution in [3.8, 4) is 0 Å². The van der Waals surface area contributed by atoms with Gasteiger partial charge in [-0.25, -0.2) is 9.69 Å². The minimum Gasteiger partial charge on any atom is -0.447 e. The van der Waals surface area contributed by atoms with E-state index >= 15 is 0 Å². The molecular formula is C28H35NO3. The molecule has 0 unspecified atom stereocenters. The van der Waals surface area contributed by atoms with E-state index in [9.17, 15) is 9.59 Å². The summed E-state index contributed by atoms with van der Waals surface area (Å²) >= 11 is 0. The zero-order valence-corrected chi connectivity index (χ0v) is 19.1. The van der Waals surface area contributed by atoms with Crippen molar-refractivity contribution in [3.63, 3.8) is 0 Å². The quantitative estimate of drug-likeness (QED) is 0.276. The lowest BCUT2D eigenvalue weighted by Crippen LogP contribution is -2.45. The number of carbonyl (C=O) groups is 2. The summed E-state index contributed by atoms with van der Waals surface area (Å²) < 4.78 is 5.45. The molecule has 1 fully saturated rings. The third-order valence-electron chi connectivity index (χ3n) is 6.30. The van der Waals surface area contributed by atoms with Crippen LogP contribution < -0.4 is 0 Å². The average Bonchev–Trinajstić information content (AvgIpc) is 3.20. The Morgan fingerprint density at radius 3 is 2.19 bits per heavy atom. The van der Waals surface area contributed by atoms with E-state index in [0.717, 1.165) is 30.4 Å². The van der Waals surface area contributed by atoms with Gasteiger partial charge in [0, 0.05) is 11.8 Å². The van der Waals surface area contributed by atoms with Crippen LogP contribution in [0.2, 0.25) is 0 Å². The monoisotopic (exact) mass is 433 g/mol. The van der Waals surface area contributed by atoms with Crippen LogP contribution in [0.3, 0.4) is 0 Å². The van der Waals surface area contributed by atoms with Gasteiger partial charge in [0.1, 0.15) is 6.61 Å². The Morgan fingerprint density at radius 2 is 1.62 bits per heavy atom. The van der Waals surface area contributed by atoms with Gasteiger partial charge in [0.25, 0.3) is 0 Å². The second-order valence-corrected chi connectivity index (χ2v) is 8.58. The van der Waals surface area contributed by atoms with E-state index in [-0.39, 0.29) is 30.4 Å². The Hall–Kier alpha value is -2.88. The van der Waals surface area contributed by atoms with Crippen molar-refractivity contribution >= 4 is 12.0 Å². The van der Waals surface area contributed by atoms with Gasteiger partial charge in [-0.1, -0.05) is 106 Å². The van der Waals surface area contributed by atoms with Gasteiger partial charge < -0.3 is 4.74 Å². The summed E-state index contributed by atoms with van der Waals surface area (Å²) in [5.74, 6) is -0.513.